The van der Waals surface area contributed by atoms with Crippen molar-refractivity contribution in [3.63, 3.8) is 0 Å². The van der Waals surface area contributed by atoms with Gasteiger partial charge in [0.15, 0.2) is 0 Å². The summed E-state index contributed by atoms with van der Waals surface area (Å²) in [6.45, 7) is 1.02. The Morgan fingerprint density at radius 2 is 1.14 bits per heavy atom. The summed E-state index contributed by atoms with van der Waals surface area (Å²) in [5, 5.41) is 46.7. The van der Waals surface area contributed by atoms with E-state index in [1.807, 2.05) is 0 Å². The smallest absolute Gasteiger partial charge is 0.305 e. The number of aliphatic hydroxyl groups is 5. The van der Waals surface area contributed by atoms with E-state index in [-0.39, 0.29) is 6.42 Å². The van der Waals surface area contributed by atoms with Crippen molar-refractivity contribution in [2.45, 2.75) is 115 Å². The second kappa shape index (κ2) is 18.3. The predicted octanol–water partition coefficient (Wildman–Crippen LogP) is 2.06. The Morgan fingerprint density at radius 3 is 1.61 bits per heavy atom. The van der Waals surface area contributed by atoms with Gasteiger partial charge in [-0.2, -0.15) is 0 Å². The molecular weight excluding hydrogens is 364 g/mol. The molecule has 0 rings (SSSR count). The van der Waals surface area contributed by atoms with Gasteiger partial charge in [0.05, 0.1) is 6.61 Å². The summed E-state index contributed by atoms with van der Waals surface area (Å²) < 4.78 is 4.88. The molecule has 0 amide bonds. The highest BCUT2D eigenvalue weighted by atomic mass is 16.5. The largest absolute Gasteiger partial charge is 0.463 e. The maximum atomic E-state index is 11.6. The van der Waals surface area contributed by atoms with Crippen LogP contribution in [0.3, 0.4) is 0 Å². The topological polar surface area (TPSA) is 127 Å². The Kier molecular flexibility index (Phi) is 17.8. The molecule has 0 aromatic carbocycles. The molecule has 0 aromatic heterocycles. The molecule has 0 unspecified atom stereocenters. The second-order valence-corrected chi connectivity index (χ2v) is 7.62. The normalized spacial score (nSPS) is 15.8. The molecule has 0 aliphatic rings. The average Bonchev–Trinajstić information content (AvgIpc) is 2.70. The average molecular weight is 407 g/mol. The number of ether oxygens (including phenoxy) is 1. The first kappa shape index (κ1) is 27.3. The molecule has 0 heterocycles. The highest BCUT2D eigenvalue weighted by Gasteiger charge is 2.30. The predicted molar refractivity (Wildman–Crippen MR) is 108 cm³/mol. The van der Waals surface area contributed by atoms with E-state index in [0.717, 1.165) is 19.3 Å². The first-order valence-electron chi connectivity index (χ1n) is 10.9. The van der Waals surface area contributed by atoms with Gasteiger partial charge in [0, 0.05) is 6.42 Å². The van der Waals surface area contributed by atoms with Crippen LogP contribution in [0.5, 0.6) is 0 Å². The molecule has 0 aromatic rings. The van der Waals surface area contributed by atoms with Gasteiger partial charge in [0.2, 0.25) is 0 Å². The third-order valence-electron chi connectivity index (χ3n) is 4.97. The Morgan fingerprint density at radius 1 is 0.714 bits per heavy atom. The van der Waals surface area contributed by atoms with E-state index in [9.17, 15) is 25.2 Å². The van der Waals surface area contributed by atoms with Gasteiger partial charge in [-0.15, -0.1) is 0 Å². The zero-order valence-electron chi connectivity index (χ0n) is 17.5. The fourth-order valence-corrected chi connectivity index (χ4v) is 3.02. The summed E-state index contributed by atoms with van der Waals surface area (Å²) in [6.07, 6.45) is 8.20. The molecule has 7 heteroatoms. The van der Waals surface area contributed by atoms with Gasteiger partial charge >= 0.3 is 5.97 Å². The monoisotopic (exact) mass is 406 g/mol. The number of rotatable bonds is 19. The van der Waals surface area contributed by atoms with Crippen LogP contribution < -0.4 is 0 Å². The number of carbonyl (C=O) groups excluding carboxylic acids is 1. The van der Waals surface area contributed by atoms with Gasteiger partial charge in [-0.1, -0.05) is 77.6 Å². The standard InChI is InChI=1S/C21H42O7/c1-2-3-4-5-6-7-8-9-10-11-12-13-14-19(25)28-16-18(24)21(27)20(26)17(23)15-22/h17-18,20-24,26-27H,2-16H2,1H3/t17-,18-,20-,21-/m0/s1. The van der Waals surface area contributed by atoms with Crippen molar-refractivity contribution in [1.29, 1.82) is 0 Å². The van der Waals surface area contributed by atoms with Crippen LogP contribution in [0, 0.1) is 0 Å². The minimum absolute atomic E-state index is 0.252. The first-order valence-corrected chi connectivity index (χ1v) is 10.9. The van der Waals surface area contributed by atoms with Crippen molar-refractivity contribution in [3.8, 4) is 0 Å². The third kappa shape index (κ3) is 14.3. The molecule has 0 saturated carbocycles. The van der Waals surface area contributed by atoms with Gasteiger partial charge < -0.3 is 30.3 Å². The van der Waals surface area contributed by atoms with E-state index in [4.69, 9.17) is 9.84 Å². The number of carbonyl (C=O) groups is 1. The Bertz CT molecular complexity index is 365. The van der Waals surface area contributed by atoms with Crippen LogP contribution in [0.2, 0.25) is 0 Å². The quantitative estimate of drug-likeness (QED) is 0.164. The van der Waals surface area contributed by atoms with E-state index in [1.165, 1.54) is 57.8 Å². The number of esters is 1. The van der Waals surface area contributed by atoms with Gasteiger partial charge in [-0.25, -0.2) is 0 Å². The van der Waals surface area contributed by atoms with Crippen LogP contribution in [0.4, 0.5) is 0 Å². The minimum Gasteiger partial charge on any atom is -0.463 e. The van der Waals surface area contributed by atoms with Crippen molar-refractivity contribution >= 4 is 5.97 Å². The van der Waals surface area contributed by atoms with E-state index in [2.05, 4.69) is 6.92 Å². The summed E-state index contributed by atoms with van der Waals surface area (Å²) in [5.74, 6) is -0.462. The zero-order valence-corrected chi connectivity index (χ0v) is 17.5. The summed E-state index contributed by atoms with van der Waals surface area (Å²) in [5.41, 5.74) is 0. The minimum atomic E-state index is -1.71. The second-order valence-electron chi connectivity index (χ2n) is 7.62. The Labute approximate surface area is 169 Å². The van der Waals surface area contributed by atoms with Crippen LogP contribution >= 0.6 is 0 Å². The molecule has 0 aliphatic heterocycles. The van der Waals surface area contributed by atoms with Crippen molar-refractivity contribution < 1.29 is 35.1 Å². The molecule has 0 radical (unpaired) electrons. The Hall–Kier alpha value is -0.730. The van der Waals surface area contributed by atoms with Gasteiger partial charge in [-0.05, 0) is 6.42 Å². The number of aliphatic hydroxyl groups excluding tert-OH is 5. The van der Waals surface area contributed by atoms with E-state index in [1.54, 1.807) is 0 Å². The zero-order chi connectivity index (χ0) is 21.2. The number of hydrogen-bond acceptors (Lipinski definition) is 7. The van der Waals surface area contributed by atoms with Crippen LogP contribution in [0.25, 0.3) is 0 Å². The lowest BCUT2D eigenvalue weighted by molar-refractivity contribution is -0.156. The molecule has 4 atom stereocenters. The lowest BCUT2D eigenvalue weighted by atomic mass is 10.0. The van der Waals surface area contributed by atoms with Gasteiger partial charge in [-0.3, -0.25) is 4.79 Å². The maximum absolute atomic E-state index is 11.6. The molecule has 0 saturated heterocycles. The molecule has 0 aliphatic carbocycles. The van der Waals surface area contributed by atoms with E-state index < -0.39 is 43.6 Å². The highest BCUT2D eigenvalue weighted by Crippen LogP contribution is 2.13. The summed E-state index contributed by atoms with van der Waals surface area (Å²) in [4.78, 5) is 11.6. The van der Waals surface area contributed by atoms with Crippen LogP contribution in [0.15, 0.2) is 0 Å². The molecule has 168 valence electrons. The molecule has 0 spiro atoms. The highest BCUT2D eigenvalue weighted by molar-refractivity contribution is 5.69. The third-order valence-corrected chi connectivity index (χ3v) is 4.97. The molecule has 0 fully saturated rings. The van der Waals surface area contributed by atoms with Crippen molar-refractivity contribution in [2.75, 3.05) is 13.2 Å². The molecule has 0 bridgehead atoms. The fourth-order valence-electron chi connectivity index (χ4n) is 3.02. The summed E-state index contributed by atoms with van der Waals surface area (Å²) in [6, 6.07) is 0. The Balaban J connectivity index is 3.55. The molecule has 28 heavy (non-hydrogen) atoms. The first-order chi connectivity index (χ1) is 13.4. The van der Waals surface area contributed by atoms with E-state index >= 15 is 0 Å². The SMILES string of the molecule is CCCCCCCCCCCCCCC(=O)OC[C@H](O)[C@H](O)[C@@H](O)[C@@H](O)CO. The van der Waals surface area contributed by atoms with Gasteiger partial charge in [0.1, 0.15) is 31.0 Å². The van der Waals surface area contributed by atoms with Crippen LogP contribution in [-0.4, -0.2) is 69.1 Å². The van der Waals surface area contributed by atoms with Crippen molar-refractivity contribution in [2.24, 2.45) is 0 Å². The molecular formula is C21H42O7. The van der Waals surface area contributed by atoms with E-state index in [0.29, 0.717) is 0 Å². The lowest BCUT2D eigenvalue weighted by Gasteiger charge is -2.25. The number of hydrogen-bond donors (Lipinski definition) is 5. The fraction of sp³-hybridized carbons (Fsp3) is 0.952. The molecule has 7 nitrogen and oxygen atoms in total. The number of unbranched alkanes of at least 4 members (excludes halogenated alkanes) is 11. The van der Waals surface area contributed by atoms with Crippen molar-refractivity contribution in [3.05, 3.63) is 0 Å². The molecule has 5 N–H and O–H groups in total. The maximum Gasteiger partial charge on any atom is 0.305 e. The lowest BCUT2D eigenvalue weighted by Crippen LogP contribution is -2.47. The summed E-state index contributed by atoms with van der Waals surface area (Å²) >= 11 is 0. The van der Waals surface area contributed by atoms with Crippen molar-refractivity contribution in [1.82, 2.24) is 0 Å². The van der Waals surface area contributed by atoms with Crippen LogP contribution in [-0.2, 0) is 9.53 Å². The van der Waals surface area contributed by atoms with Crippen LogP contribution in [0.1, 0.15) is 90.4 Å². The summed E-state index contributed by atoms with van der Waals surface area (Å²) in [7, 11) is 0. The van der Waals surface area contributed by atoms with Gasteiger partial charge in [0.25, 0.3) is 0 Å².